The third-order valence-corrected chi connectivity index (χ3v) is 6.48. The Morgan fingerprint density at radius 3 is 2.58 bits per heavy atom. The number of amides is 1. The fraction of sp³-hybridized carbons (Fsp3) is 0.438. The van der Waals surface area contributed by atoms with Crippen LogP contribution in [0.15, 0.2) is 32.5 Å². The normalized spacial score (nSPS) is 16.5. The highest BCUT2D eigenvalue weighted by atomic mass is 32.2. The lowest BCUT2D eigenvalue weighted by atomic mass is 10.2. The molecule has 1 aliphatic rings. The summed E-state index contributed by atoms with van der Waals surface area (Å²) in [5.41, 5.74) is 0.411. The van der Waals surface area contributed by atoms with Crippen molar-refractivity contribution in [3.05, 3.63) is 45.7 Å². The molecule has 1 saturated heterocycles. The average molecular weight is 380 g/mol. The number of aryl methyl sites for hydroxylation is 2. The van der Waals surface area contributed by atoms with Crippen LogP contribution in [0.5, 0.6) is 0 Å². The number of hydrogen-bond donors (Lipinski definition) is 1. The van der Waals surface area contributed by atoms with Gasteiger partial charge >= 0.3 is 0 Å². The Hall–Kier alpha value is -2.46. The summed E-state index contributed by atoms with van der Waals surface area (Å²) >= 11 is 0. The molecule has 2 aromatic heterocycles. The van der Waals surface area contributed by atoms with Crippen LogP contribution in [0.4, 0.5) is 0 Å². The summed E-state index contributed by atoms with van der Waals surface area (Å²) in [6, 6.07) is 2.75. The molecule has 26 heavy (non-hydrogen) atoms. The molecule has 0 aromatic carbocycles. The van der Waals surface area contributed by atoms with E-state index in [1.165, 1.54) is 22.6 Å². The number of nitrogens with zero attached hydrogens (tertiary/aromatic N) is 3. The summed E-state index contributed by atoms with van der Waals surface area (Å²) in [5.74, 6) is 0.0192. The fourth-order valence-corrected chi connectivity index (χ4v) is 4.80. The predicted molar refractivity (Wildman–Crippen MR) is 92.3 cm³/mol. The van der Waals surface area contributed by atoms with Crippen LogP contribution in [0.3, 0.4) is 0 Å². The highest BCUT2D eigenvalue weighted by Crippen LogP contribution is 2.24. The minimum atomic E-state index is -3.73. The van der Waals surface area contributed by atoms with Crippen molar-refractivity contribution >= 4 is 15.9 Å². The highest BCUT2D eigenvalue weighted by molar-refractivity contribution is 7.89. The zero-order valence-corrected chi connectivity index (χ0v) is 15.4. The summed E-state index contributed by atoms with van der Waals surface area (Å²) in [6.45, 7) is 4.35. The molecule has 1 aliphatic heterocycles. The van der Waals surface area contributed by atoms with Gasteiger partial charge in [0.2, 0.25) is 15.6 Å². The van der Waals surface area contributed by atoms with Crippen LogP contribution in [0, 0.1) is 13.8 Å². The summed E-state index contributed by atoms with van der Waals surface area (Å²) in [4.78, 5) is 27.9. The molecule has 0 unspecified atom stereocenters. The van der Waals surface area contributed by atoms with Crippen molar-refractivity contribution in [1.82, 2.24) is 19.3 Å². The number of pyridine rings is 1. The predicted octanol–water partition coefficient (Wildman–Crippen LogP) is 0.517. The minimum absolute atomic E-state index is 0.0953. The lowest BCUT2D eigenvalue weighted by molar-refractivity contribution is 0.0764. The van der Waals surface area contributed by atoms with Crippen molar-refractivity contribution in [2.24, 2.45) is 0 Å². The summed E-state index contributed by atoms with van der Waals surface area (Å²) < 4.78 is 32.2. The molecule has 3 heterocycles. The van der Waals surface area contributed by atoms with Crippen LogP contribution >= 0.6 is 0 Å². The number of aromatic nitrogens is 2. The van der Waals surface area contributed by atoms with Crippen molar-refractivity contribution in [3.8, 4) is 0 Å². The van der Waals surface area contributed by atoms with Crippen LogP contribution < -0.4 is 5.56 Å². The molecule has 0 bridgehead atoms. The van der Waals surface area contributed by atoms with E-state index < -0.39 is 10.0 Å². The fourth-order valence-electron chi connectivity index (χ4n) is 3.04. The topological polar surface area (TPSA) is 117 Å². The van der Waals surface area contributed by atoms with Gasteiger partial charge in [-0.2, -0.15) is 4.31 Å². The molecule has 0 aliphatic carbocycles. The maximum atomic E-state index is 12.9. The first-order chi connectivity index (χ1) is 12.3. The Kier molecular flexibility index (Phi) is 4.97. The minimum Gasteiger partial charge on any atom is -0.360 e. The largest absolute Gasteiger partial charge is 0.360 e. The smallest absolute Gasteiger partial charge is 0.255 e. The van der Waals surface area contributed by atoms with E-state index in [1.54, 1.807) is 18.7 Å². The van der Waals surface area contributed by atoms with Gasteiger partial charge in [0.05, 0.1) is 5.56 Å². The molecule has 1 N–H and O–H groups in total. The second-order valence-corrected chi connectivity index (χ2v) is 8.02. The molecule has 0 spiro atoms. The van der Waals surface area contributed by atoms with Crippen molar-refractivity contribution in [2.45, 2.75) is 25.2 Å². The van der Waals surface area contributed by atoms with Crippen molar-refractivity contribution < 1.29 is 17.7 Å². The Morgan fingerprint density at radius 1 is 1.19 bits per heavy atom. The van der Waals surface area contributed by atoms with Crippen LogP contribution in [-0.4, -0.2) is 59.8 Å². The monoisotopic (exact) mass is 380 g/mol. The molecular formula is C16H20N4O5S. The number of carbonyl (C=O) groups excluding carboxylic acids is 1. The van der Waals surface area contributed by atoms with Crippen LogP contribution in [0.25, 0.3) is 0 Å². The number of sulfonamides is 1. The van der Waals surface area contributed by atoms with Gasteiger partial charge in [0.1, 0.15) is 10.6 Å². The van der Waals surface area contributed by atoms with E-state index in [4.69, 9.17) is 4.52 Å². The number of nitrogens with one attached hydrogen (secondary N) is 1. The van der Waals surface area contributed by atoms with Crippen molar-refractivity contribution in [2.75, 3.05) is 26.2 Å². The van der Waals surface area contributed by atoms with E-state index in [-0.39, 0.29) is 35.2 Å². The average Bonchev–Trinajstić information content (AvgIpc) is 2.81. The number of aromatic amines is 1. The van der Waals surface area contributed by atoms with Gasteiger partial charge in [-0.3, -0.25) is 9.59 Å². The van der Waals surface area contributed by atoms with E-state index in [0.717, 1.165) is 0 Å². The maximum absolute atomic E-state index is 12.9. The summed E-state index contributed by atoms with van der Waals surface area (Å²) in [6.07, 6.45) is 1.88. The molecule has 9 nitrogen and oxygen atoms in total. The number of carbonyl (C=O) groups is 1. The Morgan fingerprint density at radius 2 is 1.96 bits per heavy atom. The second-order valence-electron chi connectivity index (χ2n) is 6.14. The third kappa shape index (κ3) is 3.42. The van der Waals surface area contributed by atoms with E-state index in [9.17, 15) is 18.0 Å². The lowest BCUT2D eigenvalue weighted by Gasteiger charge is -2.21. The number of rotatable bonds is 3. The molecule has 10 heteroatoms. The quantitative estimate of drug-likeness (QED) is 0.830. The first-order valence-corrected chi connectivity index (χ1v) is 9.66. The zero-order chi connectivity index (χ0) is 18.9. The second kappa shape index (κ2) is 7.04. The Balaban J connectivity index is 1.77. The SMILES string of the molecule is Cc1noc(C)c1S(=O)(=O)N1CCCN(C(=O)c2ccc(=O)[nH]c2)CC1. The molecule has 1 amide bonds. The molecule has 0 radical (unpaired) electrons. The van der Waals surface area contributed by atoms with Gasteiger partial charge in [-0.15, -0.1) is 0 Å². The lowest BCUT2D eigenvalue weighted by Crippen LogP contribution is -2.37. The van der Waals surface area contributed by atoms with Gasteiger partial charge in [0, 0.05) is 38.4 Å². The van der Waals surface area contributed by atoms with Gasteiger partial charge in [-0.05, 0) is 26.3 Å². The Bertz CT molecular complexity index is 939. The van der Waals surface area contributed by atoms with Gasteiger partial charge in [-0.1, -0.05) is 5.16 Å². The first-order valence-electron chi connectivity index (χ1n) is 8.22. The van der Waals surface area contributed by atoms with Crippen LogP contribution in [-0.2, 0) is 10.0 Å². The van der Waals surface area contributed by atoms with E-state index >= 15 is 0 Å². The van der Waals surface area contributed by atoms with Crippen molar-refractivity contribution in [1.29, 1.82) is 0 Å². The Labute approximate surface area is 150 Å². The van der Waals surface area contributed by atoms with Gasteiger partial charge in [-0.25, -0.2) is 8.42 Å². The molecule has 1 fully saturated rings. The maximum Gasteiger partial charge on any atom is 0.255 e. The first kappa shape index (κ1) is 18.3. The number of H-pyrrole nitrogens is 1. The van der Waals surface area contributed by atoms with Gasteiger partial charge in [0.25, 0.3) is 5.91 Å². The standard InChI is InChI=1S/C16H20N4O5S/c1-11-15(12(2)25-18-11)26(23,24)20-7-3-6-19(8-9-20)16(22)13-4-5-14(21)17-10-13/h4-5,10H,3,6-9H2,1-2H3,(H,17,21). The summed E-state index contributed by atoms with van der Waals surface area (Å²) in [7, 11) is -3.73. The van der Waals surface area contributed by atoms with Gasteiger partial charge in [0.15, 0.2) is 5.76 Å². The molecule has 0 atom stereocenters. The molecule has 0 saturated carbocycles. The van der Waals surface area contributed by atoms with E-state index in [2.05, 4.69) is 10.1 Å². The van der Waals surface area contributed by atoms with Gasteiger partial charge < -0.3 is 14.4 Å². The van der Waals surface area contributed by atoms with Crippen LogP contribution in [0.1, 0.15) is 28.2 Å². The molecule has 2 aromatic rings. The van der Waals surface area contributed by atoms with Crippen molar-refractivity contribution in [3.63, 3.8) is 0 Å². The molecular weight excluding hydrogens is 360 g/mol. The zero-order valence-electron chi connectivity index (χ0n) is 14.6. The van der Waals surface area contributed by atoms with E-state index in [0.29, 0.717) is 30.8 Å². The third-order valence-electron chi connectivity index (χ3n) is 4.34. The molecule has 3 rings (SSSR count). The van der Waals surface area contributed by atoms with Crippen LogP contribution in [0.2, 0.25) is 0 Å². The molecule has 140 valence electrons. The van der Waals surface area contributed by atoms with E-state index in [1.807, 2.05) is 0 Å². The highest BCUT2D eigenvalue weighted by Gasteiger charge is 2.33. The number of hydrogen-bond acceptors (Lipinski definition) is 6. The summed E-state index contributed by atoms with van der Waals surface area (Å²) in [5, 5.41) is 3.72.